The van der Waals surface area contributed by atoms with E-state index in [1.165, 1.54) is 16.7 Å². The van der Waals surface area contributed by atoms with E-state index in [2.05, 4.69) is 36.8 Å². The van der Waals surface area contributed by atoms with Crippen LogP contribution in [-0.2, 0) is 16.4 Å². The summed E-state index contributed by atoms with van der Waals surface area (Å²) in [6.45, 7) is 6.09. The molecule has 0 radical (unpaired) electrons. The number of benzene rings is 2. The van der Waals surface area contributed by atoms with E-state index in [4.69, 9.17) is 4.99 Å². The van der Waals surface area contributed by atoms with E-state index in [-0.39, 0.29) is 6.04 Å². The standard InChI is InChI=1S/C23H26N2O2S/c1-15(2)17-11-13-19(14-12-17)22-16(3)23(25-28(22,26)27)24-21-10-6-8-18-7-4-5-9-20(18)21/h4-5,7,9,11-15,21H,6,8,10H2,1-3H3,(H,24,25)/t21-/m0/s1. The van der Waals surface area contributed by atoms with Crippen LogP contribution in [0.4, 0.5) is 0 Å². The zero-order chi connectivity index (χ0) is 19.9. The lowest BCUT2D eigenvalue weighted by molar-refractivity contribution is 0.571. The Morgan fingerprint density at radius 2 is 1.79 bits per heavy atom. The van der Waals surface area contributed by atoms with Crippen LogP contribution in [0.1, 0.15) is 67.8 Å². The number of fused-ring (bicyclic) bond motifs is 1. The lowest BCUT2D eigenvalue weighted by atomic mass is 9.88. The highest BCUT2D eigenvalue weighted by Gasteiger charge is 2.33. The van der Waals surface area contributed by atoms with Gasteiger partial charge in [0.05, 0.1) is 6.04 Å². The molecule has 1 atom stereocenters. The summed E-state index contributed by atoms with van der Waals surface area (Å²) in [6, 6.07) is 16.1. The van der Waals surface area contributed by atoms with Crippen LogP contribution in [0.25, 0.3) is 4.91 Å². The molecule has 5 heteroatoms. The minimum atomic E-state index is -3.60. The normalized spacial score (nSPS) is 22.4. The maximum absolute atomic E-state index is 12.8. The van der Waals surface area contributed by atoms with Crippen LogP contribution in [-0.4, -0.2) is 14.3 Å². The third-order valence-corrected chi connectivity index (χ3v) is 7.20. The van der Waals surface area contributed by atoms with Crippen LogP contribution in [0.5, 0.6) is 0 Å². The van der Waals surface area contributed by atoms with Gasteiger partial charge in [0.25, 0.3) is 10.0 Å². The summed E-state index contributed by atoms with van der Waals surface area (Å²) in [5.41, 5.74) is 5.13. The highest BCUT2D eigenvalue weighted by molar-refractivity contribution is 8.00. The largest absolute Gasteiger partial charge is 0.264 e. The number of rotatable bonds is 3. The molecule has 2 aromatic rings. The predicted octanol–water partition coefficient (Wildman–Crippen LogP) is 4.95. The number of amidine groups is 1. The van der Waals surface area contributed by atoms with Gasteiger partial charge in [0.2, 0.25) is 0 Å². The number of aryl methyl sites for hydroxylation is 1. The van der Waals surface area contributed by atoms with E-state index < -0.39 is 10.0 Å². The Morgan fingerprint density at radius 3 is 2.50 bits per heavy atom. The van der Waals surface area contributed by atoms with Gasteiger partial charge in [-0.25, -0.2) is 8.42 Å². The number of sulfonamides is 1. The molecule has 0 aromatic heterocycles. The Hall–Kier alpha value is -2.40. The van der Waals surface area contributed by atoms with E-state index in [9.17, 15) is 8.42 Å². The third-order valence-electron chi connectivity index (χ3n) is 5.66. The lowest BCUT2D eigenvalue weighted by Gasteiger charge is -2.22. The van der Waals surface area contributed by atoms with Gasteiger partial charge in [0.15, 0.2) is 0 Å². The molecule has 0 unspecified atom stereocenters. The van der Waals surface area contributed by atoms with Gasteiger partial charge in [-0.3, -0.25) is 9.71 Å². The fraction of sp³-hybridized carbons (Fsp3) is 0.348. The van der Waals surface area contributed by atoms with Crippen molar-refractivity contribution in [3.05, 3.63) is 76.4 Å². The minimum Gasteiger partial charge on any atom is -0.263 e. The Bertz CT molecular complexity index is 1060. The monoisotopic (exact) mass is 394 g/mol. The zero-order valence-electron chi connectivity index (χ0n) is 16.6. The van der Waals surface area contributed by atoms with Gasteiger partial charge in [0, 0.05) is 5.57 Å². The number of hydrogen-bond donors (Lipinski definition) is 1. The summed E-state index contributed by atoms with van der Waals surface area (Å²) in [5.74, 6) is 0.885. The third kappa shape index (κ3) is 3.39. The Morgan fingerprint density at radius 1 is 1.07 bits per heavy atom. The van der Waals surface area contributed by atoms with Crippen LogP contribution in [0.3, 0.4) is 0 Å². The first-order valence-electron chi connectivity index (χ1n) is 9.87. The van der Waals surface area contributed by atoms with E-state index in [0.29, 0.717) is 27.8 Å². The molecule has 1 aliphatic heterocycles. The zero-order valence-corrected chi connectivity index (χ0v) is 17.4. The molecule has 146 valence electrons. The van der Waals surface area contributed by atoms with E-state index in [1.807, 2.05) is 37.3 Å². The summed E-state index contributed by atoms with van der Waals surface area (Å²) >= 11 is 0. The number of hydrogen-bond acceptors (Lipinski definition) is 3. The van der Waals surface area contributed by atoms with Crippen LogP contribution in [0.2, 0.25) is 0 Å². The van der Waals surface area contributed by atoms with Gasteiger partial charge in [-0.15, -0.1) is 0 Å². The van der Waals surface area contributed by atoms with Crippen molar-refractivity contribution in [1.82, 2.24) is 4.72 Å². The second kappa shape index (κ2) is 7.21. The van der Waals surface area contributed by atoms with Crippen LogP contribution in [0, 0.1) is 0 Å². The van der Waals surface area contributed by atoms with Crippen LogP contribution < -0.4 is 4.72 Å². The fourth-order valence-electron chi connectivity index (χ4n) is 4.10. The van der Waals surface area contributed by atoms with Crippen molar-refractivity contribution < 1.29 is 8.42 Å². The maximum atomic E-state index is 12.8. The van der Waals surface area contributed by atoms with Gasteiger partial charge in [-0.05, 0) is 54.4 Å². The summed E-state index contributed by atoms with van der Waals surface area (Å²) in [7, 11) is -3.60. The molecule has 28 heavy (non-hydrogen) atoms. The van der Waals surface area contributed by atoms with Crippen LogP contribution in [0.15, 0.2) is 59.1 Å². The quantitative estimate of drug-likeness (QED) is 0.801. The lowest BCUT2D eigenvalue weighted by Crippen LogP contribution is -2.24. The molecule has 0 spiro atoms. The Labute approximate surface area is 167 Å². The van der Waals surface area contributed by atoms with E-state index in [0.717, 1.165) is 19.3 Å². The van der Waals surface area contributed by atoms with Gasteiger partial charge in [-0.1, -0.05) is 62.4 Å². The molecule has 2 aliphatic rings. The molecular weight excluding hydrogens is 368 g/mol. The molecule has 2 aromatic carbocycles. The van der Waals surface area contributed by atoms with Crippen molar-refractivity contribution in [2.45, 2.75) is 52.0 Å². The summed E-state index contributed by atoms with van der Waals surface area (Å²) in [5, 5.41) is 0. The minimum absolute atomic E-state index is 0.000247. The van der Waals surface area contributed by atoms with Crippen molar-refractivity contribution in [3.63, 3.8) is 0 Å². The molecular formula is C23H26N2O2S. The van der Waals surface area contributed by atoms with Gasteiger partial charge >= 0.3 is 0 Å². The van der Waals surface area contributed by atoms with Gasteiger partial charge in [0.1, 0.15) is 10.7 Å². The molecule has 0 saturated carbocycles. The Kier molecular flexibility index (Phi) is 4.88. The molecule has 1 heterocycles. The number of nitrogens with zero attached hydrogens (tertiary/aromatic N) is 1. The number of aliphatic imine (C=N–C) groups is 1. The van der Waals surface area contributed by atoms with Crippen molar-refractivity contribution >= 4 is 20.8 Å². The van der Waals surface area contributed by atoms with E-state index in [1.54, 1.807) is 0 Å². The van der Waals surface area contributed by atoms with E-state index >= 15 is 0 Å². The van der Waals surface area contributed by atoms with Crippen molar-refractivity contribution in [2.75, 3.05) is 0 Å². The molecule has 0 fully saturated rings. The molecule has 0 bridgehead atoms. The predicted molar refractivity (Wildman–Crippen MR) is 115 cm³/mol. The van der Waals surface area contributed by atoms with Crippen molar-refractivity contribution in [3.8, 4) is 0 Å². The van der Waals surface area contributed by atoms with Crippen molar-refractivity contribution in [2.24, 2.45) is 4.99 Å². The maximum Gasteiger partial charge on any atom is 0.264 e. The molecule has 4 nitrogen and oxygen atoms in total. The summed E-state index contributed by atoms with van der Waals surface area (Å²) < 4.78 is 28.4. The molecule has 1 N–H and O–H groups in total. The first-order chi connectivity index (χ1) is 13.4. The van der Waals surface area contributed by atoms with Crippen molar-refractivity contribution in [1.29, 1.82) is 0 Å². The first kappa shape index (κ1) is 18.9. The average molecular weight is 395 g/mol. The summed E-state index contributed by atoms with van der Waals surface area (Å²) in [6.07, 6.45) is 3.07. The second-order valence-electron chi connectivity index (χ2n) is 7.92. The summed E-state index contributed by atoms with van der Waals surface area (Å²) in [4.78, 5) is 5.18. The Balaban J connectivity index is 1.74. The highest BCUT2D eigenvalue weighted by atomic mass is 32.2. The SMILES string of the molecule is CC1=C(c2ccc(C(C)C)cc2)S(=O)(=O)NC1=N[C@H]1CCCc2ccccc21. The first-order valence-corrected chi connectivity index (χ1v) is 11.3. The average Bonchev–Trinajstić information content (AvgIpc) is 2.90. The molecule has 4 rings (SSSR count). The second-order valence-corrected chi connectivity index (χ2v) is 9.54. The molecule has 0 amide bonds. The number of nitrogens with one attached hydrogen (secondary N) is 1. The highest BCUT2D eigenvalue weighted by Crippen LogP contribution is 2.35. The molecule has 1 aliphatic carbocycles. The van der Waals surface area contributed by atoms with Gasteiger partial charge in [-0.2, -0.15) is 0 Å². The molecule has 0 saturated heterocycles. The topological polar surface area (TPSA) is 58.5 Å². The van der Waals surface area contributed by atoms with Crippen LogP contribution >= 0.6 is 0 Å². The van der Waals surface area contributed by atoms with Gasteiger partial charge < -0.3 is 0 Å². The smallest absolute Gasteiger partial charge is 0.263 e. The fourth-order valence-corrected chi connectivity index (χ4v) is 5.60.